The summed E-state index contributed by atoms with van der Waals surface area (Å²) < 4.78 is 11.1. The van der Waals surface area contributed by atoms with E-state index in [0.717, 1.165) is 41.3 Å². The van der Waals surface area contributed by atoms with E-state index in [4.69, 9.17) is 9.15 Å². The molecule has 0 fully saturated rings. The molecule has 172 valence electrons. The lowest BCUT2D eigenvalue weighted by Crippen LogP contribution is -2.45. The molecule has 0 saturated carbocycles. The number of benzene rings is 2. The van der Waals surface area contributed by atoms with Crippen LogP contribution in [0.2, 0.25) is 0 Å². The molecule has 6 heteroatoms. The Morgan fingerprint density at radius 1 is 1.06 bits per heavy atom. The molecule has 1 aliphatic rings. The van der Waals surface area contributed by atoms with Gasteiger partial charge in [-0.2, -0.15) is 0 Å². The fourth-order valence-corrected chi connectivity index (χ4v) is 4.28. The highest BCUT2D eigenvalue weighted by Gasteiger charge is 2.26. The monoisotopic (exact) mass is 447 g/mol. The highest BCUT2D eigenvalue weighted by Crippen LogP contribution is 2.30. The molecule has 0 aliphatic heterocycles. The lowest BCUT2D eigenvalue weighted by Gasteiger charge is -2.22. The van der Waals surface area contributed by atoms with Crippen LogP contribution in [0.25, 0.3) is 11.0 Å². The largest absolute Gasteiger partial charge is 0.425 e. The first-order chi connectivity index (χ1) is 15.7. The van der Waals surface area contributed by atoms with Gasteiger partial charge in [-0.1, -0.05) is 51.1 Å². The fraction of sp³-hybridized carbons (Fsp3) is 0.370. The van der Waals surface area contributed by atoms with Gasteiger partial charge in [0, 0.05) is 29.9 Å². The Morgan fingerprint density at radius 3 is 2.52 bits per heavy atom. The topological polar surface area (TPSA) is 85.6 Å². The van der Waals surface area contributed by atoms with Crippen molar-refractivity contribution < 1.29 is 18.7 Å². The van der Waals surface area contributed by atoms with Gasteiger partial charge < -0.3 is 14.5 Å². The number of fused-ring (bicyclic) bond motifs is 3. The Hall–Kier alpha value is -3.41. The molecule has 1 heterocycles. The molecule has 1 N–H and O–H groups in total. The molecule has 0 bridgehead atoms. The van der Waals surface area contributed by atoms with Crippen molar-refractivity contribution in [2.24, 2.45) is 5.41 Å². The van der Waals surface area contributed by atoms with Gasteiger partial charge in [-0.15, -0.1) is 0 Å². The minimum absolute atomic E-state index is 0.207. The molecule has 6 nitrogen and oxygen atoms in total. The van der Waals surface area contributed by atoms with Crippen molar-refractivity contribution >= 4 is 22.8 Å². The molecule has 3 aromatic rings. The second-order valence-corrected chi connectivity index (χ2v) is 9.83. The second kappa shape index (κ2) is 9.22. The number of rotatable bonds is 6. The van der Waals surface area contributed by atoms with E-state index in [2.05, 4.69) is 5.32 Å². The second-order valence-electron chi connectivity index (χ2n) is 9.83. The van der Waals surface area contributed by atoms with Crippen molar-refractivity contribution in [1.82, 2.24) is 5.32 Å². The Kier molecular flexibility index (Phi) is 6.36. The smallest absolute Gasteiger partial charge is 0.339 e. The van der Waals surface area contributed by atoms with E-state index >= 15 is 0 Å². The lowest BCUT2D eigenvalue weighted by atomic mass is 9.91. The normalized spacial score (nSPS) is 14.0. The first kappa shape index (κ1) is 22.8. The Bertz CT molecular complexity index is 1240. The van der Waals surface area contributed by atoms with E-state index in [1.165, 1.54) is 0 Å². The van der Waals surface area contributed by atoms with E-state index < -0.39 is 12.0 Å². The van der Waals surface area contributed by atoms with Crippen LogP contribution in [-0.4, -0.2) is 17.9 Å². The van der Waals surface area contributed by atoms with Gasteiger partial charge in [0.05, 0.1) is 0 Å². The maximum atomic E-state index is 13.1. The van der Waals surface area contributed by atoms with Crippen LogP contribution in [0.3, 0.4) is 0 Å². The molecule has 33 heavy (non-hydrogen) atoms. The number of carbonyl (C=O) groups excluding carboxylic acids is 2. The minimum Gasteiger partial charge on any atom is -0.425 e. The van der Waals surface area contributed by atoms with Crippen molar-refractivity contribution in [3.63, 3.8) is 0 Å². The van der Waals surface area contributed by atoms with Crippen molar-refractivity contribution in [2.45, 2.75) is 58.9 Å². The molecule has 2 aromatic carbocycles. The molecule has 1 atom stereocenters. The summed E-state index contributed by atoms with van der Waals surface area (Å²) in [7, 11) is 0. The Balaban J connectivity index is 1.56. The van der Waals surface area contributed by atoms with Crippen LogP contribution in [0.15, 0.2) is 57.7 Å². The first-order valence-corrected chi connectivity index (χ1v) is 11.3. The van der Waals surface area contributed by atoms with Crippen molar-refractivity contribution in [3.8, 4) is 5.75 Å². The summed E-state index contributed by atoms with van der Waals surface area (Å²) in [5.41, 5.74) is 2.56. The average Bonchev–Trinajstić information content (AvgIpc) is 3.23. The fourth-order valence-electron chi connectivity index (χ4n) is 4.28. The number of hydrogen-bond donors (Lipinski definition) is 1. The quantitative estimate of drug-likeness (QED) is 0.345. The van der Waals surface area contributed by atoms with Crippen LogP contribution in [0.4, 0.5) is 0 Å². The molecule has 0 spiro atoms. The number of ether oxygens (including phenoxy) is 1. The number of carbonyl (C=O) groups is 2. The van der Waals surface area contributed by atoms with Gasteiger partial charge in [-0.25, -0.2) is 9.59 Å². The maximum absolute atomic E-state index is 13.1. The van der Waals surface area contributed by atoms with Gasteiger partial charge in [0.2, 0.25) is 5.91 Å². The molecule has 1 unspecified atom stereocenters. The Morgan fingerprint density at radius 2 is 1.79 bits per heavy atom. The van der Waals surface area contributed by atoms with Crippen LogP contribution < -0.4 is 15.7 Å². The molecule has 1 aliphatic carbocycles. The number of hydrogen-bond acceptors (Lipinski definition) is 5. The van der Waals surface area contributed by atoms with E-state index in [9.17, 15) is 14.4 Å². The number of amides is 1. The molecule has 1 amide bonds. The van der Waals surface area contributed by atoms with Crippen LogP contribution in [0.5, 0.6) is 5.75 Å². The summed E-state index contributed by atoms with van der Waals surface area (Å²) in [5, 5.41) is 3.71. The summed E-state index contributed by atoms with van der Waals surface area (Å²) >= 11 is 0. The summed E-state index contributed by atoms with van der Waals surface area (Å²) in [6.07, 6.45) is 3.12. The summed E-state index contributed by atoms with van der Waals surface area (Å²) in [6.45, 7) is 5.91. The first-order valence-electron chi connectivity index (χ1n) is 11.3. The summed E-state index contributed by atoms with van der Waals surface area (Å²) in [4.78, 5) is 37.9. The van der Waals surface area contributed by atoms with Gasteiger partial charge >= 0.3 is 11.6 Å². The van der Waals surface area contributed by atoms with Crippen LogP contribution in [0, 0.1) is 5.41 Å². The highest BCUT2D eigenvalue weighted by molar-refractivity contribution is 5.87. The van der Waals surface area contributed by atoms with Gasteiger partial charge in [0.25, 0.3) is 0 Å². The van der Waals surface area contributed by atoms with Crippen LogP contribution >= 0.6 is 0 Å². The van der Waals surface area contributed by atoms with E-state index in [0.29, 0.717) is 12.0 Å². The van der Waals surface area contributed by atoms with Gasteiger partial charge in [0.15, 0.2) is 0 Å². The van der Waals surface area contributed by atoms with Gasteiger partial charge in [0.1, 0.15) is 17.4 Å². The standard InChI is InChI=1S/C27H29NO5/c1-27(2,3)16-24(29)28-22(14-17-8-5-4-6-9-17)26(31)32-18-12-13-20-19-10-7-11-21(19)25(30)33-23(20)15-18/h4-6,8-9,12-13,15,22H,7,10-11,14,16H2,1-3H3,(H,28,29). The highest BCUT2D eigenvalue weighted by atomic mass is 16.5. The molecule has 1 aromatic heterocycles. The van der Waals surface area contributed by atoms with E-state index in [-0.39, 0.29) is 29.1 Å². The SMILES string of the molecule is CC(C)(C)CC(=O)NC(Cc1ccccc1)C(=O)Oc1ccc2c3c(c(=O)oc2c1)CCC3. The van der Waals surface area contributed by atoms with Crippen molar-refractivity contribution in [3.05, 3.63) is 75.6 Å². The maximum Gasteiger partial charge on any atom is 0.339 e. The molecular weight excluding hydrogens is 418 g/mol. The molecule has 4 rings (SSSR count). The third-order valence-corrected chi connectivity index (χ3v) is 5.76. The molecular formula is C27H29NO5. The predicted molar refractivity (Wildman–Crippen MR) is 126 cm³/mol. The van der Waals surface area contributed by atoms with E-state index in [1.807, 2.05) is 57.2 Å². The predicted octanol–water partition coefficient (Wildman–Crippen LogP) is 4.35. The number of nitrogens with one attached hydrogen (secondary N) is 1. The number of aryl methyl sites for hydroxylation is 1. The van der Waals surface area contributed by atoms with Gasteiger partial charge in [-0.3, -0.25) is 4.79 Å². The third kappa shape index (κ3) is 5.51. The summed E-state index contributed by atoms with van der Waals surface area (Å²) in [5.74, 6) is -0.499. The molecule has 0 radical (unpaired) electrons. The lowest BCUT2D eigenvalue weighted by molar-refractivity contribution is -0.139. The number of esters is 1. The van der Waals surface area contributed by atoms with Crippen LogP contribution in [0.1, 0.15) is 50.3 Å². The average molecular weight is 448 g/mol. The zero-order chi connectivity index (χ0) is 23.6. The van der Waals surface area contributed by atoms with Crippen LogP contribution in [-0.2, 0) is 28.9 Å². The van der Waals surface area contributed by atoms with E-state index in [1.54, 1.807) is 12.1 Å². The zero-order valence-corrected chi connectivity index (χ0v) is 19.3. The third-order valence-electron chi connectivity index (χ3n) is 5.76. The van der Waals surface area contributed by atoms with Crippen molar-refractivity contribution in [2.75, 3.05) is 0 Å². The summed E-state index contributed by atoms with van der Waals surface area (Å²) in [6, 6.07) is 13.7. The minimum atomic E-state index is -0.843. The zero-order valence-electron chi connectivity index (χ0n) is 19.3. The van der Waals surface area contributed by atoms with Gasteiger partial charge in [-0.05, 0) is 47.9 Å². The Labute approximate surface area is 192 Å². The van der Waals surface area contributed by atoms with Crippen molar-refractivity contribution in [1.29, 1.82) is 0 Å². The molecule has 0 saturated heterocycles.